The van der Waals surface area contributed by atoms with Crippen LogP contribution in [0.3, 0.4) is 0 Å². The van der Waals surface area contributed by atoms with Gasteiger partial charge in [0.1, 0.15) is 25.0 Å². The Morgan fingerprint density at radius 3 is 2.39 bits per heavy atom. The summed E-state index contributed by atoms with van der Waals surface area (Å²) in [7, 11) is 1.60. The summed E-state index contributed by atoms with van der Waals surface area (Å²) in [6.07, 6.45) is 0. The van der Waals surface area contributed by atoms with E-state index >= 15 is 0 Å². The van der Waals surface area contributed by atoms with Crippen molar-refractivity contribution in [3.8, 4) is 40.0 Å². The van der Waals surface area contributed by atoms with E-state index in [0.29, 0.717) is 36.3 Å². The van der Waals surface area contributed by atoms with Crippen molar-refractivity contribution < 1.29 is 28.1 Å². The summed E-state index contributed by atoms with van der Waals surface area (Å²) in [6, 6.07) is 13.8. The molecule has 1 aliphatic heterocycles. The first-order valence-electron chi connectivity index (χ1n) is 11.5. The minimum atomic E-state index is -0.570. The second-order valence-corrected chi connectivity index (χ2v) is 9.39. The number of nitrogens with one attached hydrogen (secondary N) is 1. The van der Waals surface area contributed by atoms with Gasteiger partial charge in [0, 0.05) is 17.2 Å². The van der Waals surface area contributed by atoms with Crippen molar-refractivity contribution >= 4 is 5.91 Å². The zero-order valence-corrected chi connectivity index (χ0v) is 20.4. The smallest absolute Gasteiger partial charge is 0.274 e. The number of benzene rings is 2. The number of hydrogen-bond acceptors (Lipinski definition) is 9. The molecular weight excluding hydrogens is 464 g/mol. The van der Waals surface area contributed by atoms with Gasteiger partial charge in [-0.3, -0.25) is 4.79 Å². The molecule has 0 spiro atoms. The molecule has 0 saturated heterocycles. The molecule has 10 heteroatoms. The van der Waals surface area contributed by atoms with Crippen LogP contribution in [-0.4, -0.2) is 41.5 Å². The van der Waals surface area contributed by atoms with E-state index in [4.69, 9.17) is 23.3 Å². The number of carbonyl (C=O) groups excluding carboxylic acids is 1. The summed E-state index contributed by atoms with van der Waals surface area (Å²) in [6.45, 7) is 6.90. The first kappa shape index (κ1) is 23.4. The van der Waals surface area contributed by atoms with Crippen LogP contribution in [0.2, 0.25) is 0 Å². The summed E-state index contributed by atoms with van der Waals surface area (Å²) >= 11 is 0. The minimum Gasteiger partial charge on any atom is -0.497 e. The normalized spacial score (nSPS) is 13.8. The lowest BCUT2D eigenvalue weighted by Gasteiger charge is -2.27. The quantitative estimate of drug-likeness (QED) is 0.410. The molecule has 0 radical (unpaired) electrons. The maximum atomic E-state index is 13.1. The van der Waals surface area contributed by atoms with Crippen LogP contribution < -0.4 is 19.5 Å². The Kier molecular flexibility index (Phi) is 6.09. The fraction of sp³-hybridized carbons (Fsp3) is 0.308. The Morgan fingerprint density at radius 1 is 0.944 bits per heavy atom. The molecule has 10 nitrogen and oxygen atoms in total. The van der Waals surface area contributed by atoms with Crippen molar-refractivity contribution in [3.63, 3.8) is 0 Å². The zero-order valence-electron chi connectivity index (χ0n) is 20.4. The minimum absolute atomic E-state index is 0.129. The molecule has 0 unspecified atom stereocenters. The van der Waals surface area contributed by atoms with Gasteiger partial charge in [-0.2, -0.15) is 4.98 Å². The van der Waals surface area contributed by atoms with Crippen LogP contribution in [0.4, 0.5) is 0 Å². The van der Waals surface area contributed by atoms with Crippen molar-refractivity contribution in [1.82, 2.24) is 20.6 Å². The Morgan fingerprint density at radius 2 is 1.67 bits per heavy atom. The van der Waals surface area contributed by atoms with Gasteiger partial charge in [-0.15, -0.1) is 0 Å². The molecule has 2 aromatic carbocycles. The number of hydrogen-bond donors (Lipinski definition) is 1. The third-order valence-electron chi connectivity index (χ3n) is 5.75. The average molecular weight is 491 g/mol. The standard InChI is InChI=1S/C26H26N4O6/c1-26(2,3)22(25-28-23(30-36-25)15-5-8-17(32-4)9-6-15)27-24(31)18-14-20(35-29-18)16-7-10-19-21(13-16)34-12-11-33-19/h5-10,13-14,22H,11-12H2,1-4H3,(H,27,31)/t22-/m1/s1. The topological polar surface area (TPSA) is 122 Å². The first-order chi connectivity index (χ1) is 17.3. The van der Waals surface area contributed by atoms with E-state index in [9.17, 15) is 4.79 Å². The van der Waals surface area contributed by atoms with E-state index in [1.54, 1.807) is 25.3 Å². The second-order valence-electron chi connectivity index (χ2n) is 9.39. The van der Waals surface area contributed by atoms with Crippen LogP contribution in [0.15, 0.2) is 57.6 Å². The van der Waals surface area contributed by atoms with Gasteiger partial charge in [0.15, 0.2) is 23.0 Å². The Balaban J connectivity index is 1.35. The molecule has 0 saturated carbocycles. The highest BCUT2D eigenvalue weighted by molar-refractivity contribution is 5.93. The predicted octanol–water partition coefficient (Wildman–Crippen LogP) is 4.69. The number of ether oxygens (including phenoxy) is 3. The first-order valence-corrected chi connectivity index (χ1v) is 11.5. The van der Waals surface area contributed by atoms with E-state index in [2.05, 4.69) is 20.6 Å². The molecule has 0 fully saturated rings. The lowest BCUT2D eigenvalue weighted by atomic mass is 9.86. The van der Waals surface area contributed by atoms with Crippen LogP contribution in [-0.2, 0) is 0 Å². The van der Waals surface area contributed by atoms with E-state index < -0.39 is 17.4 Å². The van der Waals surface area contributed by atoms with E-state index in [0.717, 1.165) is 16.9 Å². The highest BCUT2D eigenvalue weighted by Gasteiger charge is 2.34. The van der Waals surface area contributed by atoms with Gasteiger partial charge in [0.25, 0.3) is 5.91 Å². The summed E-state index contributed by atoms with van der Waals surface area (Å²) in [4.78, 5) is 17.7. The molecule has 2 aromatic heterocycles. The molecule has 186 valence electrons. The molecule has 4 aromatic rings. The SMILES string of the molecule is COc1ccc(-c2noc([C@@H](NC(=O)c3cc(-c4ccc5c(c4)OCCO5)on3)C(C)(C)C)n2)cc1. The summed E-state index contributed by atoms with van der Waals surface area (Å²) < 4.78 is 27.4. The van der Waals surface area contributed by atoms with Crippen molar-refractivity contribution in [2.24, 2.45) is 5.41 Å². The molecule has 36 heavy (non-hydrogen) atoms. The Hall–Kier alpha value is -4.34. The Bertz CT molecular complexity index is 1370. The average Bonchev–Trinajstić information content (AvgIpc) is 3.57. The van der Waals surface area contributed by atoms with Crippen molar-refractivity contribution in [2.45, 2.75) is 26.8 Å². The molecule has 3 heterocycles. The number of fused-ring (bicyclic) bond motifs is 1. The number of nitrogens with zero attached hydrogens (tertiary/aromatic N) is 3. The van der Waals surface area contributed by atoms with Crippen molar-refractivity contribution in [1.29, 1.82) is 0 Å². The number of rotatable bonds is 6. The maximum Gasteiger partial charge on any atom is 0.274 e. The number of carbonyl (C=O) groups is 1. The highest BCUT2D eigenvalue weighted by atomic mass is 16.6. The lowest BCUT2D eigenvalue weighted by molar-refractivity contribution is 0.0871. The zero-order chi connectivity index (χ0) is 25.3. The van der Waals surface area contributed by atoms with Crippen LogP contribution in [0.25, 0.3) is 22.7 Å². The number of amides is 1. The van der Waals surface area contributed by atoms with E-state index in [1.807, 2.05) is 51.1 Å². The van der Waals surface area contributed by atoms with Gasteiger partial charge in [0.2, 0.25) is 11.7 Å². The molecule has 1 atom stereocenters. The molecular formula is C26H26N4O6. The highest BCUT2D eigenvalue weighted by Crippen LogP contribution is 2.36. The van der Waals surface area contributed by atoms with Crippen LogP contribution in [0.1, 0.15) is 43.2 Å². The van der Waals surface area contributed by atoms with Gasteiger partial charge in [-0.1, -0.05) is 31.1 Å². The Labute approximate surface area is 207 Å². The number of methoxy groups -OCH3 is 1. The molecule has 1 aliphatic rings. The van der Waals surface area contributed by atoms with Crippen LogP contribution in [0.5, 0.6) is 17.2 Å². The monoisotopic (exact) mass is 490 g/mol. The fourth-order valence-corrected chi connectivity index (χ4v) is 3.78. The van der Waals surface area contributed by atoms with Gasteiger partial charge in [0.05, 0.1) is 7.11 Å². The molecule has 0 bridgehead atoms. The predicted molar refractivity (Wildman–Crippen MR) is 129 cm³/mol. The molecule has 0 aliphatic carbocycles. The van der Waals surface area contributed by atoms with Crippen LogP contribution in [0, 0.1) is 5.41 Å². The van der Waals surface area contributed by atoms with Crippen molar-refractivity contribution in [2.75, 3.05) is 20.3 Å². The third kappa shape index (κ3) is 4.74. The summed E-state index contributed by atoms with van der Waals surface area (Å²) in [5.74, 6) is 2.74. The third-order valence-corrected chi connectivity index (χ3v) is 5.75. The second kappa shape index (κ2) is 9.37. The van der Waals surface area contributed by atoms with E-state index in [-0.39, 0.29) is 11.6 Å². The van der Waals surface area contributed by atoms with Gasteiger partial charge >= 0.3 is 0 Å². The van der Waals surface area contributed by atoms with E-state index in [1.165, 1.54) is 0 Å². The fourth-order valence-electron chi connectivity index (χ4n) is 3.78. The maximum absolute atomic E-state index is 13.1. The van der Waals surface area contributed by atoms with Gasteiger partial charge < -0.3 is 28.6 Å². The van der Waals surface area contributed by atoms with Crippen LogP contribution >= 0.6 is 0 Å². The van der Waals surface area contributed by atoms with Crippen molar-refractivity contribution in [3.05, 3.63) is 60.1 Å². The molecule has 5 rings (SSSR count). The molecule has 1 amide bonds. The lowest BCUT2D eigenvalue weighted by Crippen LogP contribution is -2.37. The molecule has 1 N–H and O–H groups in total. The summed E-state index contributed by atoms with van der Waals surface area (Å²) in [5.41, 5.74) is 1.19. The van der Waals surface area contributed by atoms with Gasteiger partial charge in [-0.25, -0.2) is 0 Å². The van der Waals surface area contributed by atoms with Gasteiger partial charge in [-0.05, 0) is 47.9 Å². The number of aromatic nitrogens is 3. The summed E-state index contributed by atoms with van der Waals surface area (Å²) in [5, 5.41) is 11.0. The largest absolute Gasteiger partial charge is 0.497 e.